The number of thioether (sulfide) groups is 1. The van der Waals surface area contributed by atoms with Crippen molar-refractivity contribution in [2.24, 2.45) is 0 Å². The van der Waals surface area contributed by atoms with Gasteiger partial charge in [0.2, 0.25) is 5.91 Å². The summed E-state index contributed by atoms with van der Waals surface area (Å²) in [6.07, 6.45) is 3.97. The molecule has 14 heavy (non-hydrogen) atoms. The summed E-state index contributed by atoms with van der Waals surface area (Å²) in [4.78, 5) is 11.5. The van der Waals surface area contributed by atoms with Gasteiger partial charge in [-0.2, -0.15) is 11.8 Å². The van der Waals surface area contributed by atoms with Crippen LogP contribution in [0.2, 0.25) is 0 Å². The van der Waals surface area contributed by atoms with Crippen LogP contribution in [-0.2, 0) is 4.79 Å². The molecular formula is C10H18N2OS. The summed E-state index contributed by atoms with van der Waals surface area (Å²) in [5.74, 6) is 2.07. The van der Waals surface area contributed by atoms with Gasteiger partial charge in [-0.3, -0.25) is 4.79 Å². The maximum absolute atomic E-state index is 11.5. The first kappa shape index (κ1) is 11.6. The van der Waals surface area contributed by atoms with Crippen LogP contribution in [0.25, 0.3) is 0 Å². The highest BCUT2D eigenvalue weighted by Crippen LogP contribution is 2.04. The fourth-order valence-electron chi connectivity index (χ4n) is 1.44. The lowest BCUT2D eigenvalue weighted by Crippen LogP contribution is -2.41. The smallest absolute Gasteiger partial charge is 0.237 e. The fourth-order valence-corrected chi connectivity index (χ4v) is 2.02. The van der Waals surface area contributed by atoms with Gasteiger partial charge >= 0.3 is 0 Å². The Balaban J connectivity index is 2.00. The van der Waals surface area contributed by atoms with E-state index in [9.17, 15) is 4.79 Å². The SMILES string of the molecule is C=CCSCCNC(=O)[C@H]1CCCN1. The second kappa shape index (κ2) is 6.90. The topological polar surface area (TPSA) is 41.1 Å². The van der Waals surface area contributed by atoms with Gasteiger partial charge < -0.3 is 10.6 Å². The van der Waals surface area contributed by atoms with Crippen LogP contribution in [0.4, 0.5) is 0 Å². The number of rotatable bonds is 6. The summed E-state index contributed by atoms with van der Waals surface area (Å²) in [6, 6.07) is 0.0550. The number of carbonyl (C=O) groups is 1. The highest BCUT2D eigenvalue weighted by atomic mass is 32.2. The summed E-state index contributed by atoms with van der Waals surface area (Å²) in [5, 5.41) is 6.10. The Labute approximate surface area is 89.7 Å². The Hall–Kier alpha value is -0.480. The van der Waals surface area contributed by atoms with Crippen molar-refractivity contribution in [2.45, 2.75) is 18.9 Å². The third-order valence-electron chi connectivity index (χ3n) is 2.16. The highest BCUT2D eigenvalue weighted by Gasteiger charge is 2.20. The van der Waals surface area contributed by atoms with Gasteiger partial charge in [0.1, 0.15) is 0 Å². The van der Waals surface area contributed by atoms with Crippen molar-refractivity contribution >= 4 is 17.7 Å². The van der Waals surface area contributed by atoms with E-state index in [0.717, 1.165) is 37.4 Å². The van der Waals surface area contributed by atoms with Gasteiger partial charge in [-0.05, 0) is 19.4 Å². The molecule has 1 heterocycles. The predicted octanol–water partition coefficient (Wildman–Crippen LogP) is 0.774. The van der Waals surface area contributed by atoms with Crippen LogP contribution in [0.3, 0.4) is 0 Å². The van der Waals surface area contributed by atoms with E-state index in [1.165, 1.54) is 0 Å². The average Bonchev–Trinajstić information content (AvgIpc) is 2.70. The molecule has 0 unspecified atom stereocenters. The normalized spacial score (nSPS) is 20.7. The molecule has 3 nitrogen and oxygen atoms in total. The minimum absolute atomic E-state index is 0.0550. The monoisotopic (exact) mass is 214 g/mol. The van der Waals surface area contributed by atoms with Crippen molar-refractivity contribution in [3.63, 3.8) is 0 Å². The quantitative estimate of drug-likeness (QED) is 0.507. The zero-order valence-electron chi connectivity index (χ0n) is 8.42. The van der Waals surface area contributed by atoms with Crippen LogP contribution in [-0.4, -0.2) is 36.5 Å². The van der Waals surface area contributed by atoms with Gasteiger partial charge in [-0.25, -0.2) is 0 Å². The van der Waals surface area contributed by atoms with E-state index in [-0.39, 0.29) is 11.9 Å². The molecule has 0 radical (unpaired) electrons. The van der Waals surface area contributed by atoms with Gasteiger partial charge in [0.05, 0.1) is 6.04 Å². The van der Waals surface area contributed by atoms with Crippen LogP contribution in [0, 0.1) is 0 Å². The minimum Gasteiger partial charge on any atom is -0.354 e. The van der Waals surface area contributed by atoms with E-state index in [1.54, 1.807) is 11.8 Å². The van der Waals surface area contributed by atoms with E-state index in [2.05, 4.69) is 17.2 Å². The van der Waals surface area contributed by atoms with Crippen LogP contribution >= 0.6 is 11.8 Å². The van der Waals surface area contributed by atoms with E-state index >= 15 is 0 Å². The summed E-state index contributed by atoms with van der Waals surface area (Å²) >= 11 is 1.78. The van der Waals surface area contributed by atoms with Crippen LogP contribution in [0.5, 0.6) is 0 Å². The molecule has 0 aromatic heterocycles. The Morgan fingerprint density at radius 1 is 1.71 bits per heavy atom. The molecule has 1 aliphatic rings. The Morgan fingerprint density at radius 2 is 2.57 bits per heavy atom. The van der Waals surface area contributed by atoms with Crippen molar-refractivity contribution in [1.29, 1.82) is 0 Å². The summed E-state index contributed by atoms with van der Waals surface area (Å²) in [6.45, 7) is 5.37. The number of amides is 1. The van der Waals surface area contributed by atoms with Crippen molar-refractivity contribution in [2.75, 3.05) is 24.6 Å². The molecule has 1 atom stereocenters. The van der Waals surface area contributed by atoms with Gasteiger partial charge in [0.15, 0.2) is 0 Å². The van der Waals surface area contributed by atoms with E-state index < -0.39 is 0 Å². The molecule has 0 aliphatic carbocycles. The van der Waals surface area contributed by atoms with Crippen molar-refractivity contribution in [1.82, 2.24) is 10.6 Å². The first-order valence-electron chi connectivity index (χ1n) is 5.04. The molecule has 0 aromatic rings. The zero-order chi connectivity index (χ0) is 10.2. The molecule has 80 valence electrons. The number of nitrogens with one attached hydrogen (secondary N) is 2. The van der Waals surface area contributed by atoms with E-state index in [1.807, 2.05) is 6.08 Å². The molecule has 4 heteroatoms. The lowest BCUT2D eigenvalue weighted by atomic mass is 10.2. The van der Waals surface area contributed by atoms with E-state index in [4.69, 9.17) is 0 Å². The van der Waals surface area contributed by atoms with Gasteiger partial charge in [0, 0.05) is 18.1 Å². The standard InChI is InChI=1S/C10H18N2OS/c1-2-7-14-8-6-12-10(13)9-4-3-5-11-9/h2,9,11H,1,3-8H2,(H,12,13)/t9-/m1/s1. The lowest BCUT2D eigenvalue weighted by Gasteiger charge is -2.10. The molecule has 1 rings (SSSR count). The number of hydrogen-bond acceptors (Lipinski definition) is 3. The molecular weight excluding hydrogens is 196 g/mol. The molecule has 0 saturated carbocycles. The lowest BCUT2D eigenvalue weighted by molar-refractivity contribution is -0.122. The fraction of sp³-hybridized carbons (Fsp3) is 0.700. The van der Waals surface area contributed by atoms with Crippen molar-refractivity contribution in [3.8, 4) is 0 Å². The maximum Gasteiger partial charge on any atom is 0.237 e. The molecule has 1 fully saturated rings. The summed E-state index contributed by atoms with van der Waals surface area (Å²) < 4.78 is 0. The number of carbonyl (C=O) groups excluding carboxylic acids is 1. The molecule has 1 aliphatic heterocycles. The van der Waals surface area contributed by atoms with Gasteiger partial charge in [-0.15, -0.1) is 6.58 Å². The maximum atomic E-state index is 11.5. The molecule has 0 bridgehead atoms. The molecule has 0 spiro atoms. The first-order chi connectivity index (χ1) is 6.84. The van der Waals surface area contributed by atoms with Crippen molar-refractivity contribution in [3.05, 3.63) is 12.7 Å². The third kappa shape index (κ3) is 4.15. The Kier molecular flexibility index (Phi) is 5.71. The molecule has 1 amide bonds. The van der Waals surface area contributed by atoms with Gasteiger partial charge in [-0.1, -0.05) is 6.08 Å². The third-order valence-corrected chi connectivity index (χ3v) is 3.12. The second-order valence-electron chi connectivity index (χ2n) is 3.30. The summed E-state index contributed by atoms with van der Waals surface area (Å²) in [7, 11) is 0. The summed E-state index contributed by atoms with van der Waals surface area (Å²) in [5.41, 5.74) is 0. The molecule has 0 aromatic carbocycles. The van der Waals surface area contributed by atoms with Crippen LogP contribution in [0.1, 0.15) is 12.8 Å². The largest absolute Gasteiger partial charge is 0.354 e. The number of hydrogen-bond donors (Lipinski definition) is 2. The molecule has 1 saturated heterocycles. The van der Waals surface area contributed by atoms with Gasteiger partial charge in [0.25, 0.3) is 0 Å². The van der Waals surface area contributed by atoms with E-state index in [0.29, 0.717) is 0 Å². The minimum atomic E-state index is 0.0550. The average molecular weight is 214 g/mol. The van der Waals surface area contributed by atoms with Crippen LogP contribution in [0.15, 0.2) is 12.7 Å². The first-order valence-corrected chi connectivity index (χ1v) is 6.20. The van der Waals surface area contributed by atoms with Crippen molar-refractivity contribution < 1.29 is 4.79 Å². The Morgan fingerprint density at radius 3 is 3.21 bits per heavy atom. The van der Waals surface area contributed by atoms with Crippen LogP contribution < -0.4 is 10.6 Å². The zero-order valence-corrected chi connectivity index (χ0v) is 9.24. The second-order valence-corrected chi connectivity index (χ2v) is 4.45. The Bertz CT molecular complexity index is 191. The molecule has 2 N–H and O–H groups in total. The predicted molar refractivity (Wildman–Crippen MR) is 61.6 cm³/mol. The highest BCUT2D eigenvalue weighted by molar-refractivity contribution is 7.99.